The van der Waals surface area contributed by atoms with Crippen molar-refractivity contribution >= 4 is 28.3 Å². The van der Waals surface area contributed by atoms with E-state index in [4.69, 9.17) is 10.5 Å². The van der Waals surface area contributed by atoms with E-state index >= 15 is 0 Å². The Morgan fingerprint density at radius 2 is 1.94 bits per heavy atom. The molecule has 1 aromatic carbocycles. The number of aryl methyl sites for hydroxylation is 1. The fraction of sp³-hybridized carbons (Fsp3) is 0.0909. The maximum absolute atomic E-state index is 5.79. The molecular formula is C11H10IN3O. The average molecular weight is 327 g/mol. The van der Waals surface area contributed by atoms with E-state index in [1.54, 1.807) is 18.5 Å². The molecule has 0 aliphatic heterocycles. The summed E-state index contributed by atoms with van der Waals surface area (Å²) in [5.74, 6) is 0.584. The van der Waals surface area contributed by atoms with E-state index in [0.717, 1.165) is 9.13 Å². The minimum absolute atomic E-state index is 0.303. The molecule has 5 heteroatoms. The number of nitrogens with two attached hydrogens (primary N) is 1. The highest BCUT2D eigenvalue weighted by Gasteiger charge is 2.04. The number of nitrogen functional groups attached to an aromatic ring is 1. The molecule has 0 saturated heterocycles. The summed E-state index contributed by atoms with van der Waals surface area (Å²) in [5.41, 5.74) is 7.44. The maximum Gasteiger partial charge on any atom is 0.322 e. The third-order valence-corrected chi connectivity index (χ3v) is 2.52. The molecule has 0 spiro atoms. The van der Waals surface area contributed by atoms with Crippen molar-refractivity contribution in [2.75, 3.05) is 5.73 Å². The van der Waals surface area contributed by atoms with Crippen LogP contribution in [0.5, 0.6) is 11.8 Å². The summed E-state index contributed by atoms with van der Waals surface area (Å²) in [6.45, 7) is 1.97. The van der Waals surface area contributed by atoms with Gasteiger partial charge in [-0.1, -0.05) is 6.07 Å². The lowest BCUT2D eigenvalue weighted by atomic mass is 10.2. The number of hydrogen-bond donors (Lipinski definition) is 1. The molecule has 2 aromatic rings. The summed E-state index contributed by atoms with van der Waals surface area (Å²) < 4.78 is 6.45. The van der Waals surface area contributed by atoms with E-state index in [0.29, 0.717) is 17.4 Å². The normalized spacial score (nSPS) is 10.1. The second-order valence-corrected chi connectivity index (χ2v) is 4.57. The van der Waals surface area contributed by atoms with Crippen LogP contribution in [0.2, 0.25) is 0 Å². The number of rotatable bonds is 2. The quantitative estimate of drug-likeness (QED) is 0.681. The zero-order valence-electron chi connectivity index (χ0n) is 8.64. The predicted molar refractivity (Wildman–Crippen MR) is 70.4 cm³/mol. The van der Waals surface area contributed by atoms with Crippen molar-refractivity contribution in [1.82, 2.24) is 9.97 Å². The number of ether oxygens (including phenoxy) is 1. The first-order valence-corrected chi connectivity index (χ1v) is 5.74. The Balaban J connectivity index is 2.26. The molecule has 1 heterocycles. The molecule has 0 radical (unpaired) electrons. The Labute approximate surface area is 107 Å². The standard InChI is InChI=1S/C11H10IN3O/c1-7-2-3-9(13)10(4-7)16-11-14-5-8(12)6-15-11/h2-6H,13H2,1H3. The van der Waals surface area contributed by atoms with Gasteiger partial charge in [0.1, 0.15) is 0 Å². The Morgan fingerprint density at radius 3 is 2.62 bits per heavy atom. The molecule has 0 saturated carbocycles. The van der Waals surface area contributed by atoms with Crippen molar-refractivity contribution in [3.63, 3.8) is 0 Å². The van der Waals surface area contributed by atoms with Gasteiger partial charge in [-0.3, -0.25) is 0 Å². The van der Waals surface area contributed by atoms with Gasteiger partial charge < -0.3 is 10.5 Å². The smallest absolute Gasteiger partial charge is 0.322 e. The molecule has 0 amide bonds. The predicted octanol–water partition coefficient (Wildman–Crippen LogP) is 2.76. The first-order valence-electron chi connectivity index (χ1n) is 4.66. The van der Waals surface area contributed by atoms with Crippen LogP contribution >= 0.6 is 22.6 Å². The lowest BCUT2D eigenvalue weighted by Gasteiger charge is -2.07. The SMILES string of the molecule is Cc1ccc(N)c(Oc2ncc(I)cn2)c1. The molecule has 16 heavy (non-hydrogen) atoms. The Kier molecular flexibility index (Phi) is 3.23. The number of benzene rings is 1. The lowest BCUT2D eigenvalue weighted by Crippen LogP contribution is -1.96. The summed E-state index contributed by atoms with van der Waals surface area (Å²) in [5, 5.41) is 0. The van der Waals surface area contributed by atoms with Crippen molar-refractivity contribution in [2.24, 2.45) is 0 Å². The van der Waals surface area contributed by atoms with Crippen molar-refractivity contribution in [3.05, 3.63) is 39.7 Å². The molecule has 0 aliphatic carbocycles. The number of aromatic nitrogens is 2. The third kappa shape index (κ3) is 2.60. The molecule has 82 valence electrons. The Bertz CT molecular complexity index is 499. The zero-order chi connectivity index (χ0) is 11.5. The maximum atomic E-state index is 5.79. The third-order valence-electron chi connectivity index (χ3n) is 1.97. The van der Waals surface area contributed by atoms with Gasteiger partial charge in [-0.05, 0) is 47.2 Å². The second-order valence-electron chi connectivity index (χ2n) is 3.33. The van der Waals surface area contributed by atoms with Gasteiger partial charge in [-0.25, -0.2) is 9.97 Å². The molecule has 4 nitrogen and oxygen atoms in total. The Morgan fingerprint density at radius 1 is 1.25 bits per heavy atom. The van der Waals surface area contributed by atoms with Crippen LogP contribution < -0.4 is 10.5 Å². The van der Waals surface area contributed by atoms with Gasteiger partial charge in [0.15, 0.2) is 5.75 Å². The van der Waals surface area contributed by atoms with Gasteiger partial charge in [0.25, 0.3) is 0 Å². The van der Waals surface area contributed by atoms with Crippen molar-refractivity contribution < 1.29 is 4.74 Å². The molecular weight excluding hydrogens is 317 g/mol. The highest BCUT2D eigenvalue weighted by atomic mass is 127. The van der Waals surface area contributed by atoms with Crippen molar-refractivity contribution in [2.45, 2.75) is 6.92 Å². The van der Waals surface area contributed by atoms with Gasteiger partial charge in [0.05, 0.1) is 5.69 Å². The Hall–Kier alpha value is -1.37. The highest BCUT2D eigenvalue weighted by molar-refractivity contribution is 14.1. The minimum atomic E-state index is 0.303. The molecule has 0 bridgehead atoms. The van der Waals surface area contributed by atoms with Crippen molar-refractivity contribution in [1.29, 1.82) is 0 Å². The van der Waals surface area contributed by atoms with Crippen LogP contribution in [0.3, 0.4) is 0 Å². The summed E-state index contributed by atoms with van der Waals surface area (Å²) in [7, 11) is 0. The highest BCUT2D eigenvalue weighted by Crippen LogP contribution is 2.26. The fourth-order valence-corrected chi connectivity index (χ4v) is 1.46. The van der Waals surface area contributed by atoms with Crippen LogP contribution in [-0.4, -0.2) is 9.97 Å². The van der Waals surface area contributed by atoms with Gasteiger partial charge in [0.2, 0.25) is 0 Å². The number of nitrogens with zero attached hydrogens (tertiary/aromatic N) is 2. The van der Waals surface area contributed by atoms with Crippen molar-refractivity contribution in [3.8, 4) is 11.8 Å². The number of hydrogen-bond acceptors (Lipinski definition) is 4. The zero-order valence-corrected chi connectivity index (χ0v) is 10.8. The van der Waals surface area contributed by atoms with Crippen LogP contribution in [-0.2, 0) is 0 Å². The van der Waals surface area contributed by atoms with E-state index in [1.807, 2.05) is 19.1 Å². The van der Waals surface area contributed by atoms with Crippen LogP contribution in [0.4, 0.5) is 5.69 Å². The molecule has 0 unspecified atom stereocenters. The van der Waals surface area contributed by atoms with Gasteiger partial charge in [-0.15, -0.1) is 0 Å². The molecule has 2 rings (SSSR count). The van der Waals surface area contributed by atoms with Gasteiger partial charge >= 0.3 is 6.01 Å². The second kappa shape index (κ2) is 4.65. The lowest BCUT2D eigenvalue weighted by molar-refractivity contribution is 0.443. The van der Waals surface area contributed by atoms with Crippen LogP contribution in [0, 0.1) is 10.5 Å². The van der Waals surface area contributed by atoms with E-state index in [1.165, 1.54) is 0 Å². The monoisotopic (exact) mass is 327 g/mol. The van der Waals surface area contributed by atoms with E-state index in [-0.39, 0.29) is 0 Å². The van der Waals surface area contributed by atoms with Crippen LogP contribution in [0.1, 0.15) is 5.56 Å². The van der Waals surface area contributed by atoms with E-state index in [9.17, 15) is 0 Å². The minimum Gasteiger partial charge on any atom is -0.422 e. The van der Waals surface area contributed by atoms with E-state index < -0.39 is 0 Å². The molecule has 0 atom stereocenters. The molecule has 1 aromatic heterocycles. The van der Waals surface area contributed by atoms with Crippen LogP contribution in [0.15, 0.2) is 30.6 Å². The summed E-state index contributed by atoms with van der Waals surface area (Å²) in [6, 6.07) is 5.89. The fourth-order valence-electron chi connectivity index (χ4n) is 1.18. The molecule has 2 N–H and O–H groups in total. The summed E-state index contributed by atoms with van der Waals surface area (Å²) >= 11 is 2.13. The van der Waals surface area contributed by atoms with E-state index in [2.05, 4.69) is 32.6 Å². The summed E-state index contributed by atoms with van der Waals surface area (Å²) in [6.07, 6.45) is 3.38. The first kappa shape index (κ1) is 11.1. The largest absolute Gasteiger partial charge is 0.422 e. The molecule has 0 aliphatic rings. The first-order chi connectivity index (χ1) is 7.65. The average Bonchev–Trinajstić information content (AvgIpc) is 2.27. The van der Waals surface area contributed by atoms with Crippen LogP contribution in [0.25, 0.3) is 0 Å². The summed E-state index contributed by atoms with van der Waals surface area (Å²) in [4.78, 5) is 8.10. The number of halogens is 1. The molecule has 0 fully saturated rings. The topological polar surface area (TPSA) is 61.0 Å². The van der Waals surface area contributed by atoms with Gasteiger partial charge in [-0.2, -0.15) is 0 Å². The number of anilines is 1. The van der Waals surface area contributed by atoms with Gasteiger partial charge in [0, 0.05) is 16.0 Å².